The van der Waals surface area contributed by atoms with Crippen molar-refractivity contribution in [2.45, 2.75) is 82.4 Å². The second-order valence-corrected chi connectivity index (χ2v) is 6.96. The Bertz CT molecular complexity index is 436. The van der Waals surface area contributed by atoms with Crippen LogP contribution < -0.4 is 0 Å². The van der Waals surface area contributed by atoms with Crippen LogP contribution in [-0.2, 0) is 14.9 Å². The van der Waals surface area contributed by atoms with Crippen LogP contribution in [0.3, 0.4) is 0 Å². The summed E-state index contributed by atoms with van der Waals surface area (Å²) in [5, 5.41) is -5.46. The average molecular weight is 370 g/mol. The molecule has 0 aromatic carbocycles. The molecule has 0 aliphatic carbocycles. The first-order chi connectivity index (χ1) is 10.3. The molecule has 1 N–H and O–H groups in total. The first-order valence-electron chi connectivity index (χ1n) is 7.41. The van der Waals surface area contributed by atoms with E-state index in [1.807, 2.05) is 6.92 Å². The van der Waals surface area contributed by atoms with Gasteiger partial charge in [-0.2, -0.15) is 30.4 Å². The van der Waals surface area contributed by atoms with Crippen LogP contribution in [0.5, 0.6) is 0 Å². The van der Waals surface area contributed by atoms with E-state index >= 15 is 0 Å². The molecule has 10 heteroatoms. The summed E-state index contributed by atoms with van der Waals surface area (Å²) in [6.45, 7) is 3.19. The van der Waals surface area contributed by atoms with E-state index in [1.165, 1.54) is 0 Å². The monoisotopic (exact) mass is 370 g/mol. The van der Waals surface area contributed by atoms with Crippen LogP contribution in [0.4, 0.5) is 22.0 Å². The highest BCUT2D eigenvalue weighted by Crippen LogP contribution is 2.38. The summed E-state index contributed by atoms with van der Waals surface area (Å²) in [6.07, 6.45) is -5.52. The third-order valence-corrected chi connectivity index (χ3v) is 4.18. The van der Waals surface area contributed by atoms with E-state index in [-0.39, 0.29) is 6.42 Å². The molecule has 0 heterocycles. The third-order valence-electron chi connectivity index (χ3n) is 3.28. The number of rotatable bonds is 11. The number of hydrogen-bond donors (Lipinski definition) is 1. The molecule has 2 unspecified atom stereocenters. The molecule has 0 amide bonds. The fraction of sp³-hybridized carbons (Fsp3) is 1.00. The van der Waals surface area contributed by atoms with Crippen molar-refractivity contribution in [2.24, 2.45) is 0 Å². The maximum absolute atomic E-state index is 13.3. The Morgan fingerprint density at radius 3 is 1.91 bits per heavy atom. The number of hydrogen-bond acceptors (Lipinski definition) is 3. The molecule has 0 spiro atoms. The Labute approximate surface area is 133 Å². The minimum absolute atomic E-state index is 0.0836. The lowest BCUT2D eigenvalue weighted by Gasteiger charge is -2.29. The molecule has 4 nitrogen and oxygen atoms in total. The molecule has 0 saturated carbocycles. The van der Waals surface area contributed by atoms with Crippen molar-refractivity contribution >= 4 is 10.1 Å². The van der Waals surface area contributed by atoms with Crippen LogP contribution in [0.25, 0.3) is 0 Å². The fourth-order valence-electron chi connectivity index (χ4n) is 1.99. The van der Waals surface area contributed by atoms with E-state index in [2.05, 4.69) is 4.74 Å². The molecule has 0 rings (SSSR count). The zero-order chi connectivity index (χ0) is 18.3. The van der Waals surface area contributed by atoms with Crippen LogP contribution >= 0.6 is 0 Å². The van der Waals surface area contributed by atoms with Crippen molar-refractivity contribution in [3.63, 3.8) is 0 Å². The molecule has 0 aliphatic heterocycles. The van der Waals surface area contributed by atoms with E-state index in [4.69, 9.17) is 4.55 Å². The summed E-state index contributed by atoms with van der Waals surface area (Å²) < 4.78 is 98.1. The highest BCUT2D eigenvalue weighted by Gasteiger charge is 2.64. The summed E-state index contributed by atoms with van der Waals surface area (Å²) in [7, 11) is -6.24. The third kappa shape index (κ3) is 7.75. The van der Waals surface area contributed by atoms with E-state index in [0.717, 1.165) is 39.0 Å². The Morgan fingerprint density at radius 2 is 1.48 bits per heavy atom. The first kappa shape index (κ1) is 22.5. The Hall–Kier alpha value is -0.480. The molecule has 0 bridgehead atoms. The lowest BCUT2D eigenvalue weighted by Crippen LogP contribution is -2.52. The van der Waals surface area contributed by atoms with Crippen molar-refractivity contribution < 1.29 is 39.7 Å². The maximum Gasteiger partial charge on any atom is 0.421 e. The van der Waals surface area contributed by atoms with Gasteiger partial charge in [0.05, 0.1) is 6.10 Å². The quantitative estimate of drug-likeness (QED) is 0.329. The number of unbranched alkanes of at least 4 members (excludes halogenated alkanes) is 5. The largest absolute Gasteiger partial charge is 0.421 e. The molecule has 0 fully saturated rings. The normalized spacial score (nSPS) is 16.3. The number of halogens is 5. The van der Waals surface area contributed by atoms with Gasteiger partial charge in [-0.3, -0.25) is 4.55 Å². The van der Waals surface area contributed by atoms with Crippen LogP contribution in [0, 0.1) is 0 Å². The second kappa shape index (κ2) is 9.12. The second-order valence-electron chi connectivity index (χ2n) is 5.46. The molecule has 0 aliphatic rings. The number of ether oxygens (including phenoxy) is 1. The van der Waals surface area contributed by atoms with E-state index in [1.54, 1.807) is 0 Å². The van der Waals surface area contributed by atoms with E-state index in [0.29, 0.717) is 6.42 Å². The molecular weight excluding hydrogens is 347 g/mol. The maximum atomic E-state index is 13.3. The summed E-state index contributed by atoms with van der Waals surface area (Å²) >= 11 is 0. The molecule has 140 valence electrons. The van der Waals surface area contributed by atoms with Crippen LogP contribution in [0.1, 0.15) is 58.8 Å². The van der Waals surface area contributed by atoms with E-state index < -0.39 is 33.8 Å². The SMILES string of the molecule is CCCCCCCCC(C)OC(C(F)(F)F)C(F)(F)S(=O)(=O)O. The topological polar surface area (TPSA) is 63.6 Å². The van der Waals surface area contributed by atoms with Gasteiger partial charge < -0.3 is 4.74 Å². The predicted molar refractivity (Wildman–Crippen MR) is 74.9 cm³/mol. The minimum Gasteiger partial charge on any atom is -0.359 e. The van der Waals surface area contributed by atoms with Gasteiger partial charge >= 0.3 is 21.5 Å². The van der Waals surface area contributed by atoms with Crippen LogP contribution in [0.2, 0.25) is 0 Å². The van der Waals surface area contributed by atoms with Crippen molar-refractivity contribution in [1.29, 1.82) is 0 Å². The Kier molecular flexibility index (Phi) is 8.93. The first-order valence-corrected chi connectivity index (χ1v) is 8.85. The Morgan fingerprint density at radius 1 is 1.00 bits per heavy atom. The molecule has 0 radical (unpaired) electrons. The van der Waals surface area contributed by atoms with Crippen LogP contribution in [0.15, 0.2) is 0 Å². The summed E-state index contributed by atoms with van der Waals surface area (Å²) in [5.41, 5.74) is 0. The van der Waals surface area contributed by atoms with Gasteiger partial charge in [-0.15, -0.1) is 0 Å². The van der Waals surface area contributed by atoms with Gasteiger partial charge in [-0.05, 0) is 13.3 Å². The molecule has 23 heavy (non-hydrogen) atoms. The lowest BCUT2D eigenvalue weighted by atomic mass is 10.1. The van der Waals surface area contributed by atoms with Gasteiger partial charge in [0, 0.05) is 0 Å². The molecular formula is C13H23F5O4S. The zero-order valence-electron chi connectivity index (χ0n) is 13.1. The van der Waals surface area contributed by atoms with Crippen molar-refractivity contribution in [3.8, 4) is 0 Å². The summed E-state index contributed by atoms with van der Waals surface area (Å²) in [6, 6.07) is 0. The van der Waals surface area contributed by atoms with Gasteiger partial charge in [-0.25, -0.2) is 0 Å². The summed E-state index contributed by atoms with van der Waals surface area (Å²) in [4.78, 5) is 0. The average Bonchev–Trinajstić information content (AvgIpc) is 2.37. The van der Waals surface area contributed by atoms with Gasteiger partial charge in [0.2, 0.25) is 6.10 Å². The zero-order valence-corrected chi connectivity index (χ0v) is 13.9. The highest BCUT2D eigenvalue weighted by atomic mass is 32.2. The van der Waals surface area contributed by atoms with Crippen molar-refractivity contribution in [3.05, 3.63) is 0 Å². The smallest absolute Gasteiger partial charge is 0.359 e. The molecule has 0 aromatic heterocycles. The number of alkyl halides is 5. The molecule has 0 saturated heterocycles. The standard InChI is InChI=1S/C13H23F5O4S/c1-3-4-5-6-7-8-9-10(2)22-11(12(14,15)16)13(17,18)23(19,20)21/h10-11H,3-9H2,1-2H3,(H,19,20,21). The fourth-order valence-corrected chi connectivity index (χ4v) is 2.45. The van der Waals surface area contributed by atoms with Gasteiger partial charge in [0.25, 0.3) is 0 Å². The van der Waals surface area contributed by atoms with Gasteiger partial charge in [0.1, 0.15) is 0 Å². The van der Waals surface area contributed by atoms with Gasteiger partial charge in [-0.1, -0.05) is 45.4 Å². The molecule has 2 atom stereocenters. The predicted octanol–water partition coefficient (Wildman–Crippen LogP) is 4.55. The van der Waals surface area contributed by atoms with Crippen LogP contribution in [-0.4, -0.2) is 36.6 Å². The lowest BCUT2D eigenvalue weighted by molar-refractivity contribution is -0.275. The minimum atomic E-state index is -6.24. The molecule has 0 aromatic rings. The Balaban J connectivity index is 4.63. The van der Waals surface area contributed by atoms with Gasteiger partial charge in [0.15, 0.2) is 0 Å². The van der Waals surface area contributed by atoms with Crippen molar-refractivity contribution in [1.82, 2.24) is 0 Å². The highest BCUT2D eigenvalue weighted by molar-refractivity contribution is 7.86. The summed E-state index contributed by atoms with van der Waals surface area (Å²) in [5.74, 6) is 0. The van der Waals surface area contributed by atoms with Crippen molar-refractivity contribution in [2.75, 3.05) is 0 Å². The van der Waals surface area contributed by atoms with E-state index in [9.17, 15) is 30.4 Å².